The summed E-state index contributed by atoms with van der Waals surface area (Å²) >= 11 is 0. The van der Waals surface area contributed by atoms with E-state index in [0.717, 1.165) is 5.69 Å². The van der Waals surface area contributed by atoms with Crippen LogP contribution in [0.3, 0.4) is 0 Å². The number of hydrogen-bond acceptors (Lipinski definition) is 4. The summed E-state index contributed by atoms with van der Waals surface area (Å²) in [5.74, 6) is 0.681. The maximum atomic E-state index is 13.3. The zero-order valence-electron chi connectivity index (χ0n) is 18.8. The lowest BCUT2D eigenvalue weighted by molar-refractivity contribution is 0.247. The normalized spacial score (nSPS) is 17.5. The van der Waals surface area contributed by atoms with Crippen molar-refractivity contribution in [1.82, 2.24) is 8.87 Å². The smallest absolute Gasteiger partial charge is 0.243 e. The molecule has 32 heavy (non-hydrogen) atoms. The fraction of sp³-hybridized carbons (Fsp3) is 0.360. The largest absolute Gasteiger partial charge is 0.494 e. The number of aromatic nitrogens is 1. The molecule has 1 aromatic heterocycles. The quantitative estimate of drug-likeness (QED) is 0.630. The van der Waals surface area contributed by atoms with Crippen LogP contribution in [0, 0.1) is 13.8 Å². The number of nitrogens with zero attached hydrogens (tertiary/aromatic N) is 2. The molecule has 1 saturated heterocycles. The predicted octanol–water partition coefficient (Wildman–Crippen LogP) is 4.60. The summed E-state index contributed by atoms with van der Waals surface area (Å²) in [6.07, 6.45) is 3.53. The summed E-state index contributed by atoms with van der Waals surface area (Å²) in [4.78, 5) is 0.313. The van der Waals surface area contributed by atoms with Gasteiger partial charge in [-0.3, -0.25) is 0 Å². The summed E-state index contributed by atoms with van der Waals surface area (Å²) in [6, 6.07) is 15.2. The van der Waals surface area contributed by atoms with Gasteiger partial charge in [0.25, 0.3) is 0 Å². The lowest BCUT2D eigenvalue weighted by Crippen LogP contribution is -2.51. The summed E-state index contributed by atoms with van der Waals surface area (Å²) in [7, 11) is -3.54. The van der Waals surface area contributed by atoms with Crippen LogP contribution in [0.25, 0.3) is 5.69 Å². The zero-order valence-corrected chi connectivity index (χ0v) is 19.6. The van der Waals surface area contributed by atoms with Gasteiger partial charge >= 0.3 is 0 Å². The van der Waals surface area contributed by atoms with Crippen LogP contribution in [-0.2, 0) is 15.6 Å². The second-order valence-corrected chi connectivity index (χ2v) is 10.6. The van der Waals surface area contributed by atoms with E-state index in [9.17, 15) is 8.42 Å². The molecular weight excluding hydrogens is 422 g/mol. The number of piperidine rings is 1. The topological polar surface area (TPSA) is 63.6 Å². The number of hydrogen-bond donors (Lipinski definition) is 1. The van der Waals surface area contributed by atoms with E-state index < -0.39 is 10.0 Å². The molecule has 0 bridgehead atoms. The van der Waals surface area contributed by atoms with E-state index in [1.807, 2.05) is 6.92 Å². The van der Waals surface area contributed by atoms with Crippen LogP contribution in [-0.4, -0.2) is 37.0 Å². The van der Waals surface area contributed by atoms with Gasteiger partial charge in [-0.15, -0.1) is 0 Å². The number of fused-ring (bicyclic) bond motifs is 4. The minimum absolute atomic E-state index is 0.275. The average Bonchev–Trinajstić information content (AvgIpc) is 3.28. The van der Waals surface area contributed by atoms with Crippen LogP contribution in [0.4, 0.5) is 5.69 Å². The van der Waals surface area contributed by atoms with Gasteiger partial charge in [0, 0.05) is 25.0 Å². The molecule has 0 aliphatic carbocycles. The second-order valence-electron chi connectivity index (χ2n) is 8.68. The molecule has 168 valence electrons. The van der Waals surface area contributed by atoms with Crippen LogP contribution in [0.2, 0.25) is 0 Å². The zero-order chi connectivity index (χ0) is 22.5. The van der Waals surface area contributed by atoms with Gasteiger partial charge in [0.15, 0.2) is 0 Å². The molecule has 1 fully saturated rings. The summed E-state index contributed by atoms with van der Waals surface area (Å²) in [5, 5.41) is 3.80. The Kier molecular flexibility index (Phi) is 5.06. The highest BCUT2D eigenvalue weighted by Gasteiger charge is 2.44. The molecule has 0 saturated carbocycles. The Labute approximate surface area is 189 Å². The number of rotatable bonds is 4. The van der Waals surface area contributed by atoms with Crippen molar-refractivity contribution in [2.24, 2.45) is 0 Å². The molecule has 0 atom stereocenters. The fourth-order valence-electron chi connectivity index (χ4n) is 5.01. The van der Waals surface area contributed by atoms with Gasteiger partial charge in [-0.05, 0) is 87.2 Å². The molecule has 0 amide bonds. The van der Waals surface area contributed by atoms with Gasteiger partial charge in [0.05, 0.1) is 28.4 Å². The number of nitrogens with one attached hydrogen (secondary N) is 1. The van der Waals surface area contributed by atoms with E-state index in [1.165, 1.54) is 22.5 Å². The van der Waals surface area contributed by atoms with E-state index in [-0.39, 0.29) is 5.54 Å². The maximum Gasteiger partial charge on any atom is 0.243 e. The molecule has 0 unspecified atom stereocenters. The van der Waals surface area contributed by atoms with E-state index in [4.69, 9.17) is 4.74 Å². The Hall–Kier alpha value is -2.77. The first-order valence-electron chi connectivity index (χ1n) is 11.2. The molecule has 1 spiro atoms. The van der Waals surface area contributed by atoms with Crippen molar-refractivity contribution >= 4 is 15.7 Å². The molecule has 7 heteroatoms. The molecule has 6 nitrogen and oxygen atoms in total. The summed E-state index contributed by atoms with van der Waals surface area (Å²) < 4.78 is 35.9. The van der Waals surface area contributed by atoms with Crippen LogP contribution < -0.4 is 10.1 Å². The van der Waals surface area contributed by atoms with E-state index >= 15 is 0 Å². The van der Waals surface area contributed by atoms with Crippen LogP contribution in [0.1, 0.15) is 36.6 Å². The Morgan fingerprint density at radius 3 is 2.44 bits per heavy atom. The highest BCUT2D eigenvalue weighted by Crippen LogP contribution is 2.45. The second kappa shape index (κ2) is 7.67. The van der Waals surface area contributed by atoms with E-state index in [1.54, 1.807) is 28.6 Å². The van der Waals surface area contributed by atoms with Crippen LogP contribution in [0.15, 0.2) is 59.6 Å². The van der Waals surface area contributed by atoms with Crippen molar-refractivity contribution in [1.29, 1.82) is 0 Å². The first-order chi connectivity index (χ1) is 15.4. The van der Waals surface area contributed by atoms with Gasteiger partial charge in [-0.2, -0.15) is 4.31 Å². The molecule has 2 aliphatic heterocycles. The van der Waals surface area contributed by atoms with E-state index in [0.29, 0.717) is 43.2 Å². The molecule has 2 aliphatic rings. The fourth-order valence-corrected chi connectivity index (χ4v) is 6.45. The van der Waals surface area contributed by atoms with Crippen molar-refractivity contribution in [3.05, 3.63) is 71.5 Å². The third kappa shape index (κ3) is 3.22. The minimum Gasteiger partial charge on any atom is -0.494 e. The monoisotopic (exact) mass is 451 g/mol. The summed E-state index contributed by atoms with van der Waals surface area (Å²) in [6.45, 7) is 7.68. The number of benzene rings is 2. The molecule has 0 radical (unpaired) electrons. The van der Waals surface area contributed by atoms with Gasteiger partial charge < -0.3 is 14.6 Å². The van der Waals surface area contributed by atoms with Crippen molar-refractivity contribution in [2.75, 3.05) is 25.0 Å². The van der Waals surface area contributed by atoms with Crippen LogP contribution in [0.5, 0.6) is 5.75 Å². The Balaban J connectivity index is 1.41. The number of sulfonamides is 1. The lowest BCUT2D eigenvalue weighted by atomic mass is 9.82. The lowest BCUT2D eigenvalue weighted by Gasteiger charge is -2.46. The third-order valence-corrected chi connectivity index (χ3v) is 8.82. The number of anilines is 1. The molecule has 3 heterocycles. The number of ether oxygens (including phenoxy) is 1. The van der Waals surface area contributed by atoms with Gasteiger partial charge in [0.1, 0.15) is 5.75 Å². The maximum absolute atomic E-state index is 13.3. The highest BCUT2D eigenvalue weighted by atomic mass is 32.2. The van der Waals surface area contributed by atoms with Crippen molar-refractivity contribution in [3.63, 3.8) is 0 Å². The average molecular weight is 452 g/mol. The van der Waals surface area contributed by atoms with Crippen molar-refractivity contribution in [2.45, 2.75) is 44.0 Å². The molecule has 3 aromatic rings. The SMILES string of the molecule is CCOc1ccc(S(=O)(=O)N2CCC3(CC2)Nc2ccc(C)c(C)c2-n2cccc23)cc1. The van der Waals surface area contributed by atoms with Crippen molar-refractivity contribution < 1.29 is 13.2 Å². The standard InChI is InChI=1S/C25H29N3O3S/c1-4-31-20-8-10-21(11-9-20)32(29,30)27-16-13-25(14-17-27)23-6-5-15-28(23)24-19(3)18(2)7-12-22(24)26-25/h5-12,15,26H,4,13-14,16-17H2,1-3H3. The Morgan fingerprint density at radius 1 is 1.03 bits per heavy atom. The Morgan fingerprint density at radius 2 is 1.75 bits per heavy atom. The predicted molar refractivity (Wildman–Crippen MR) is 126 cm³/mol. The highest BCUT2D eigenvalue weighted by molar-refractivity contribution is 7.89. The van der Waals surface area contributed by atoms with Gasteiger partial charge in [-0.25, -0.2) is 8.42 Å². The minimum atomic E-state index is -3.54. The third-order valence-electron chi connectivity index (χ3n) is 6.90. The first-order valence-corrected chi connectivity index (χ1v) is 12.6. The number of aryl methyl sites for hydroxylation is 1. The van der Waals surface area contributed by atoms with Crippen LogP contribution >= 0.6 is 0 Å². The summed E-state index contributed by atoms with van der Waals surface area (Å²) in [5.41, 5.74) is 5.76. The van der Waals surface area contributed by atoms with Crippen molar-refractivity contribution in [3.8, 4) is 11.4 Å². The van der Waals surface area contributed by atoms with Gasteiger partial charge in [-0.1, -0.05) is 6.07 Å². The molecule has 2 aromatic carbocycles. The Bertz CT molecular complexity index is 1250. The first kappa shape index (κ1) is 21.1. The van der Waals surface area contributed by atoms with Gasteiger partial charge in [0.2, 0.25) is 10.0 Å². The molecule has 1 N–H and O–H groups in total. The molecule has 5 rings (SSSR count). The molecular formula is C25H29N3O3S. The van der Waals surface area contributed by atoms with E-state index in [2.05, 4.69) is 54.2 Å².